The molecule has 3 heterocycles. The van der Waals surface area contributed by atoms with Gasteiger partial charge < -0.3 is 19.9 Å². The van der Waals surface area contributed by atoms with Gasteiger partial charge in [-0.05, 0) is 38.3 Å². The lowest BCUT2D eigenvalue weighted by Crippen LogP contribution is -2.49. The number of carbonyl (C=O) groups is 2. The second-order valence-electron chi connectivity index (χ2n) is 8.77. The summed E-state index contributed by atoms with van der Waals surface area (Å²) < 4.78 is 5.63. The molecule has 1 aliphatic heterocycles. The zero-order chi connectivity index (χ0) is 23.9. The first-order chi connectivity index (χ1) is 16.6. The van der Waals surface area contributed by atoms with Crippen LogP contribution in [0.4, 0.5) is 5.82 Å². The first-order valence-corrected chi connectivity index (χ1v) is 12.3. The molecule has 2 aromatic rings. The molecule has 182 valence electrons. The molecule has 0 bridgehead atoms. The van der Waals surface area contributed by atoms with Crippen LogP contribution in [0.15, 0.2) is 30.5 Å². The molecule has 0 atom stereocenters. The van der Waals surface area contributed by atoms with E-state index in [1.165, 1.54) is 0 Å². The molecule has 9 heteroatoms. The molecular formula is C25H34N6O3. The molecule has 1 aliphatic carbocycles. The Morgan fingerprint density at radius 2 is 2.00 bits per heavy atom. The third-order valence-corrected chi connectivity index (χ3v) is 6.46. The van der Waals surface area contributed by atoms with Crippen molar-refractivity contribution in [2.24, 2.45) is 5.92 Å². The number of carbonyl (C=O) groups excluding carboxylic acids is 2. The number of amides is 2. The normalized spacial score (nSPS) is 21.5. The second kappa shape index (κ2) is 11.4. The Labute approximate surface area is 200 Å². The van der Waals surface area contributed by atoms with Crippen molar-refractivity contribution in [1.82, 2.24) is 25.2 Å². The van der Waals surface area contributed by atoms with Crippen molar-refractivity contribution in [2.75, 3.05) is 44.2 Å². The Bertz CT molecular complexity index is 980. The Balaban J connectivity index is 1.52. The van der Waals surface area contributed by atoms with Gasteiger partial charge in [0.2, 0.25) is 11.8 Å². The van der Waals surface area contributed by atoms with Crippen LogP contribution in [-0.4, -0.2) is 77.1 Å². The van der Waals surface area contributed by atoms with Gasteiger partial charge in [0, 0.05) is 69.6 Å². The third-order valence-electron chi connectivity index (χ3n) is 6.46. The summed E-state index contributed by atoms with van der Waals surface area (Å²) in [5.74, 6) is 1.44. The number of ether oxygens (including phenoxy) is 1. The van der Waals surface area contributed by atoms with Gasteiger partial charge in [0.05, 0.1) is 6.10 Å². The fourth-order valence-electron chi connectivity index (χ4n) is 4.40. The van der Waals surface area contributed by atoms with Crippen LogP contribution in [0.2, 0.25) is 0 Å². The van der Waals surface area contributed by atoms with Gasteiger partial charge in [-0.3, -0.25) is 14.6 Å². The lowest BCUT2D eigenvalue weighted by atomic mass is 9.81. The van der Waals surface area contributed by atoms with Crippen molar-refractivity contribution in [3.05, 3.63) is 36.2 Å². The summed E-state index contributed by atoms with van der Waals surface area (Å²) in [4.78, 5) is 43.3. The minimum atomic E-state index is -0.0356. The van der Waals surface area contributed by atoms with Gasteiger partial charge in [0.15, 0.2) is 5.82 Å². The number of hydrogen-bond acceptors (Lipinski definition) is 7. The second-order valence-corrected chi connectivity index (χ2v) is 8.77. The van der Waals surface area contributed by atoms with Crippen molar-refractivity contribution in [2.45, 2.75) is 45.6 Å². The zero-order valence-corrected chi connectivity index (χ0v) is 20.1. The maximum Gasteiger partial charge on any atom is 0.225 e. The Hall–Kier alpha value is -3.07. The highest BCUT2D eigenvalue weighted by Gasteiger charge is 2.37. The van der Waals surface area contributed by atoms with Crippen molar-refractivity contribution in [3.8, 4) is 11.5 Å². The minimum Gasteiger partial charge on any atom is -0.378 e. The zero-order valence-electron chi connectivity index (χ0n) is 20.1. The van der Waals surface area contributed by atoms with Crippen LogP contribution in [0.1, 0.15) is 38.8 Å². The molecule has 4 rings (SSSR count). The lowest BCUT2D eigenvalue weighted by Gasteiger charge is -2.38. The van der Waals surface area contributed by atoms with E-state index in [2.05, 4.69) is 27.1 Å². The quantitative estimate of drug-likeness (QED) is 0.696. The van der Waals surface area contributed by atoms with Crippen LogP contribution in [0.5, 0.6) is 0 Å². The predicted octanol–water partition coefficient (Wildman–Crippen LogP) is 2.07. The molecule has 2 fully saturated rings. The van der Waals surface area contributed by atoms with Gasteiger partial charge in [-0.25, -0.2) is 9.97 Å². The van der Waals surface area contributed by atoms with E-state index in [0.29, 0.717) is 51.6 Å². The topological polar surface area (TPSA) is 101 Å². The largest absolute Gasteiger partial charge is 0.378 e. The van der Waals surface area contributed by atoms with Gasteiger partial charge in [0.1, 0.15) is 11.5 Å². The number of aryl methyl sites for hydroxylation is 1. The minimum absolute atomic E-state index is 0.0162. The third kappa shape index (κ3) is 5.88. The van der Waals surface area contributed by atoms with Crippen LogP contribution in [-0.2, 0) is 20.7 Å². The molecule has 0 aromatic carbocycles. The summed E-state index contributed by atoms with van der Waals surface area (Å²) in [6, 6.07) is 7.68. The molecule has 2 aliphatic rings. The Kier molecular flexibility index (Phi) is 8.05. The number of hydrogen-bond donors (Lipinski definition) is 1. The van der Waals surface area contributed by atoms with E-state index >= 15 is 0 Å². The van der Waals surface area contributed by atoms with Crippen molar-refractivity contribution in [1.29, 1.82) is 0 Å². The van der Waals surface area contributed by atoms with Crippen LogP contribution < -0.4 is 10.2 Å². The Morgan fingerprint density at radius 3 is 2.74 bits per heavy atom. The molecule has 0 radical (unpaired) electrons. The standard InChI is InChI=1S/C25H34N6O3/c1-3-19-17-22(29-24(28-19)21-7-5-6-9-26-21)30-12-10-27-23(32)8-11-31(14-13-30)25(33)18-15-20(16-18)34-4-2/h5-7,9,17-18,20H,3-4,8,10-16H2,1-2H3,(H,27,32). The number of nitrogens with one attached hydrogen (secondary N) is 1. The highest BCUT2D eigenvalue weighted by Crippen LogP contribution is 2.32. The monoisotopic (exact) mass is 466 g/mol. The average molecular weight is 467 g/mol. The molecule has 2 aromatic heterocycles. The van der Waals surface area contributed by atoms with Crippen molar-refractivity contribution >= 4 is 17.6 Å². The summed E-state index contributed by atoms with van der Waals surface area (Å²) in [7, 11) is 0. The van der Waals surface area contributed by atoms with E-state index in [-0.39, 0.29) is 23.8 Å². The molecular weight excluding hydrogens is 432 g/mol. The number of anilines is 1. The lowest BCUT2D eigenvalue weighted by molar-refractivity contribution is -0.144. The highest BCUT2D eigenvalue weighted by atomic mass is 16.5. The molecule has 1 saturated carbocycles. The summed E-state index contributed by atoms with van der Waals surface area (Å²) in [5.41, 5.74) is 1.65. The maximum absolute atomic E-state index is 13.2. The van der Waals surface area contributed by atoms with Crippen LogP contribution in [0, 0.1) is 5.92 Å². The van der Waals surface area contributed by atoms with Gasteiger partial charge in [-0.2, -0.15) is 0 Å². The Morgan fingerprint density at radius 1 is 1.15 bits per heavy atom. The van der Waals surface area contributed by atoms with E-state index in [4.69, 9.17) is 9.72 Å². The number of nitrogens with zero attached hydrogens (tertiary/aromatic N) is 5. The molecule has 1 saturated heterocycles. The smallest absolute Gasteiger partial charge is 0.225 e. The molecule has 0 spiro atoms. The fraction of sp³-hybridized carbons (Fsp3) is 0.560. The first kappa shape index (κ1) is 24.1. The average Bonchev–Trinajstić information content (AvgIpc) is 2.84. The summed E-state index contributed by atoms with van der Waals surface area (Å²) >= 11 is 0. The number of pyridine rings is 1. The molecule has 34 heavy (non-hydrogen) atoms. The summed E-state index contributed by atoms with van der Waals surface area (Å²) in [6.45, 7) is 7.44. The maximum atomic E-state index is 13.2. The highest BCUT2D eigenvalue weighted by molar-refractivity contribution is 5.81. The number of rotatable bonds is 6. The van der Waals surface area contributed by atoms with E-state index in [9.17, 15) is 9.59 Å². The van der Waals surface area contributed by atoms with Crippen LogP contribution >= 0.6 is 0 Å². The van der Waals surface area contributed by atoms with E-state index in [1.54, 1.807) is 6.20 Å². The van der Waals surface area contributed by atoms with E-state index in [1.807, 2.05) is 36.1 Å². The summed E-state index contributed by atoms with van der Waals surface area (Å²) in [5, 5.41) is 2.97. The van der Waals surface area contributed by atoms with Gasteiger partial charge in [0.25, 0.3) is 0 Å². The number of aromatic nitrogens is 3. The van der Waals surface area contributed by atoms with Crippen LogP contribution in [0.25, 0.3) is 11.5 Å². The summed E-state index contributed by atoms with van der Waals surface area (Å²) in [6.07, 6.45) is 4.53. The van der Waals surface area contributed by atoms with Gasteiger partial charge in [-0.15, -0.1) is 0 Å². The molecule has 9 nitrogen and oxygen atoms in total. The van der Waals surface area contributed by atoms with Gasteiger partial charge in [-0.1, -0.05) is 13.0 Å². The van der Waals surface area contributed by atoms with Gasteiger partial charge >= 0.3 is 0 Å². The first-order valence-electron chi connectivity index (χ1n) is 12.3. The predicted molar refractivity (Wildman–Crippen MR) is 129 cm³/mol. The van der Waals surface area contributed by atoms with Crippen LogP contribution in [0.3, 0.4) is 0 Å². The molecule has 0 unspecified atom stereocenters. The SMILES string of the molecule is CCOC1CC(C(=O)N2CCC(=O)NCCN(c3cc(CC)nc(-c4ccccn4)n3)CC2)C1. The van der Waals surface area contributed by atoms with E-state index < -0.39 is 0 Å². The fourth-order valence-corrected chi connectivity index (χ4v) is 4.40. The van der Waals surface area contributed by atoms with Crippen molar-refractivity contribution in [3.63, 3.8) is 0 Å². The molecule has 1 N–H and O–H groups in total. The van der Waals surface area contributed by atoms with E-state index in [0.717, 1.165) is 36.5 Å². The molecule has 2 amide bonds. The van der Waals surface area contributed by atoms with Crippen molar-refractivity contribution < 1.29 is 14.3 Å².